The summed E-state index contributed by atoms with van der Waals surface area (Å²) in [5.74, 6) is -1.01. The molecule has 5 heteroatoms. The van der Waals surface area contributed by atoms with Crippen LogP contribution in [0.2, 0.25) is 0 Å². The van der Waals surface area contributed by atoms with Gasteiger partial charge in [0.25, 0.3) is 0 Å². The summed E-state index contributed by atoms with van der Waals surface area (Å²) in [5.41, 5.74) is 0.511. The molecule has 110 valence electrons. The van der Waals surface area contributed by atoms with Crippen LogP contribution in [0.25, 0.3) is 0 Å². The summed E-state index contributed by atoms with van der Waals surface area (Å²) in [6, 6.07) is 3.64. The Morgan fingerprint density at radius 2 is 2.20 bits per heavy atom. The fraction of sp³-hybridized carbons (Fsp3) is 0.533. The number of likely N-dealkylation sites (tertiary alicyclic amines) is 1. The van der Waals surface area contributed by atoms with Crippen molar-refractivity contribution in [3.8, 4) is 0 Å². The van der Waals surface area contributed by atoms with Gasteiger partial charge in [-0.05, 0) is 43.2 Å². The summed E-state index contributed by atoms with van der Waals surface area (Å²) in [6.07, 6.45) is 3.20. The zero-order valence-corrected chi connectivity index (χ0v) is 11.3. The van der Waals surface area contributed by atoms with Crippen molar-refractivity contribution in [3.63, 3.8) is 0 Å². The topological polar surface area (TPSA) is 40.5 Å². The third-order valence-corrected chi connectivity index (χ3v) is 3.84. The molecular weight excluding hydrogens is 264 g/mol. The number of hydrogen-bond acceptors (Lipinski definition) is 2. The second-order valence-electron chi connectivity index (χ2n) is 5.28. The molecule has 0 unspecified atom stereocenters. The third-order valence-electron chi connectivity index (χ3n) is 3.84. The van der Waals surface area contributed by atoms with E-state index in [0.717, 1.165) is 25.3 Å². The smallest absolute Gasteiger partial charge is 0.248 e. The highest BCUT2D eigenvalue weighted by molar-refractivity contribution is 5.77. The van der Waals surface area contributed by atoms with Gasteiger partial charge in [-0.15, -0.1) is 0 Å². The van der Waals surface area contributed by atoms with Gasteiger partial charge in [-0.25, -0.2) is 8.78 Å². The Balaban J connectivity index is 1.88. The lowest BCUT2D eigenvalue weighted by Crippen LogP contribution is -2.41. The van der Waals surface area contributed by atoms with Crippen molar-refractivity contribution in [2.75, 3.05) is 19.7 Å². The molecule has 1 aromatic rings. The fourth-order valence-electron chi connectivity index (χ4n) is 2.71. The molecule has 1 aliphatic heterocycles. The highest BCUT2D eigenvalue weighted by atomic mass is 19.1. The van der Waals surface area contributed by atoms with Crippen LogP contribution in [0.1, 0.15) is 24.8 Å². The van der Waals surface area contributed by atoms with E-state index in [1.165, 1.54) is 12.1 Å². The summed E-state index contributed by atoms with van der Waals surface area (Å²) in [6.45, 7) is 0.836. The van der Waals surface area contributed by atoms with Crippen LogP contribution in [0.4, 0.5) is 8.78 Å². The number of aliphatic hydroxyl groups excluding tert-OH is 1. The molecule has 1 aromatic carbocycles. The predicted octanol–water partition coefficient (Wildman–Crippen LogP) is 2.13. The lowest BCUT2D eigenvalue weighted by molar-refractivity contribution is -0.136. The van der Waals surface area contributed by atoms with Gasteiger partial charge in [0.1, 0.15) is 18.2 Å². The summed E-state index contributed by atoms with van der Waals surface area (Å²) >= 11 is 0. The van der Waals surface area contributed by atoms with Gasteiger partial charge in [0.15, 0.2) is 0 Å². The first kappa shape index (κ1) is 14.9. The summed E-state index contributed by atoms with van der Waals surface area (Å²) in [5, 5.41) is 8.87. The molecule has 1 aliphatic rings. The van der Waals surface area contributed by atoms with E-state index in [0.29, 0.717) is 31.0 Å². The van der Waals surface area contributed by atoms with Crippen molar-refractivity contribution < 1.29 is 18.7 Å². The van der Waals surface area contributed by atoms with Gasteiger partial charge in [0.05, 0.1) is 0 Å². The number of carbonyl (C=O) groups is 1. The van der Waals surface area contributed by atoms with Gasteiger partial charge in [0, 0.05) is 19.2 Å². The second kappa shape index (κ2) is 6.79. The van der Waals surface area contributed by atoms with E-state index in [2.05, 4.69) is 0 Å². The second-order valence-corrected chi connectivity index (χ2v) is 5.28. The highest BCUT2D eigenvalue weighted by Crippen LogP contribution is 2.22. The molecule has 0 spiro atoms. The van der Waals surface area contributed by atoms with Gasteiger partial charge < -0.3 is 10.0 Å². The molecule has 1 N–H and O–H groups in total. The Kier molecular flexibility index (Phi) is 5.06. The maximum Gasteiger partial charge on any atom is 0.248 e. The van der Waals surface area contributed by atoms with Crippen molar-refractivity contribution in [2.45, 2.75) is 25.7 Å². The molecule has 0 aromatic heterocycles. The van der Waals surface area contributed by atoms with Crippen molar-refractivity contribution in [2.24, 2.45) is 5.92 Å². The van der Waals surface area contributed by atoms with Crippen molar-refractivity contribution in [1.82, 2.24) is 4.90 Å². The number of amides is 1. The number of benzene rings is 1. The van der Waals surface area contributed by atoms with Gasteiger partial charge in [-0.1, -0.05) is 6.07 Å². The first-order chi connectivity index (χ1) is 9.60. The third kappa shape index (κ3) is 3.76. The Labute approximate surface area is 117 Å². The molecule has 2 rings (SSSR count). The molecule has 0 radical (unpaired) electrons. The number of hydrogen-bond donors (Lipinski definition) is 1. The van der Waals surface area contributed by atoms with Crippen LogP contribution in [0, 0.1) is 17.6 Å². The fourth-order valence-corrected chi connectivity index (χ4v) is 2.71. The minimum Gasteiger partial charge on any atom is -0.387 e. The van der Waals surface area contributed by atoms with Gasteiger partial charge in [0.2, 0.25) is 5.91 Å². The zero-order chi connectivity index (χ0) is 14.5. The van der Waals surface area contributed by atoms with Crippen LogP contribution in [0.3, 0.4) is 0 Å². The van der Waals surface area contributed by atoms with E-state index < -0.39 is 18.2 Å². The van der Waals surface area contributed by atoms with E-state index in [1.807, 2.05) is 0 Å². The number of piperidine rings is 1. The average Bonchev–Trinajstić information content (AvgIpc) is 2.46. The lowest BCUT2D eigenvalue weighted by Gasteiger charge is -2.32. The molecule has 0 saturated carbocycles. The first-order valence-electron chi connectivity index (χ1n) is 6.92. The van der Waals surface area contributed by atoms with Crippen LogP contribution in [0.15, 0.2) is 18.2 Å². The maximum atomic E-state index is 13.5. The predicted molar refractivity (Wildman–Crippen MR) is 71.1 cm³/mol. The summed E-state index contributed by atoms with van der Waals surface area (Å²) in [7, 11) is 0. The average molecular weight is 283 g/mol. The van der Waals surface area contributed by atoms with E-state index in [9.17, 15) is 13.6 Å². The first-order valence-corrected chi connectivity index (χ1v) is 6.92. The minimum absolute atomic E-state index is 0.248. The van der Waals surface area contributed by atoms with Crippen molar-refractivity contribution in [3.05, 3.63) is 35.4 Å². The molecule has 1 amide bonds. The summed E-state index contributed by atoms with van der Waals surface area (Å²) in [4.78, 5) is 13.1. The van der Waals surface area contributed by atoms with Gasteiger partial charge >= 0.3 is 0 Å². The van der Waals surface area contributed by atoms with Crippen molar-refractivity contribution >= 4 is 5.91 Å². The molecule has 1 saturated heterocycles. The van der Waals surface area contributed by atoms with E-state index in [4.69, 9.17) is 5.11 Å². The minimum atomic E-state index is -0.566. The molecule has 1 fully saturated rings. The molecule has 3 nitrogen and oxygen atoms in total. The lowest BCUT2D eigenvalue weighted by atomic mass is 9.91. The van der Waals surface area contributed by atoms with Gasteiger partial charge in [-0.3, -0.25) is 4.79 Å². The van der Waals surface area contributed by atoms with E-state index >= 15 is 0 Å². The monoisotopic (exact) mass is 283 g/mol. The van der Waals surface area contributed by atoms with Crippen LogP contribution in [-0.2, 0) is 11.2 Å². The van der Waals surface area contributed by atoms with E-state index in [-0.39, 0.29) is 5.91 Å². The van der Waals surface area contributed by atoms with Crippen LogP contribution < -0.4 is 0 Å². The molecular formula is C15H19F2NO2. The maximum absolute atomic E-state index is 13.5. The Morgan fingerprint density at radius 3 is 2.90 bits per heavy atom. The molecule has 0 bridgehead atoms. The number of halogens is 2. The summed E-state index contributed by atoms with van der Waals surface area (Å²) < 4.78 is 26.3. The number of rotatable bonds is 4. The van der Waals surface area contributed by atoms with E-state index in [1.54, 1.807) is 4.90 Å². The Morgan fingerprint density at radius 1 is 1.40 bits per heavy atom. The normalized spacial score (nSPS) is 19.1. The standard InChI is InChI=1S/C15H19F2NO2/c16-13-6-5-12(14(17)8-13)4-3-11-2-1-7-18(9-11)15(20)10-19/h5-6,8,11,19H,1-4,7,9-10H2/t11-/m0/s1. The quantitative estimate of drug-likeness (QED) is 0.919. The Hall–Kier alpha value is -1.49. The largest absolute Gasteiger partial charge is 0.387 e. The highest BCUT2D eigenvalue weighted by Gasteiger charge is 2.23. The number of nitrogens with zero attached hydrogens (tertiary/aromatic N) is 1. The number of carbonyl (C=O) groups excluding carboxylic acids is 1. The Bertz CT molecular complexity index is 479. The molecule has 20 heavy (non-hydrogen) atoms. The van der Waals surface area contributed by atoms with Crippen molar-refractivity contribution in [1.29, 1.82) is 0 Å². The zero-order valence-electron chi connectivity index (χ0n) is 11.3. The molecule has 1 atom stereocenters. The molecule has 1 heterocycles. The van der Waals surface area contributed by atoms with Crippen LogP contribution in [-0.4, -0.2) is 35.6 Å². The molecule has 0 aliphatic carbocycles. The van der Waals surface area contributed by atoms with Crippen LogP contribution in [0.5, 0.6) is 0 Å². The number of aliphatic hydroxyl groups is 1. The SMILES string of the molecule is O=C(CO)N1CCC[C@@H](CCc2ccc(F)cc2F)C1. The number of aryl methyl sites for hydroxylation is 1. The van der Waals surface area contributed by atoms with Gasteiger partial charge in [-0.2, -0.15) is 0 Å². The van der Waals surface area contributed by atoms with Crippen LogP contribution >= 0.6 is 0 Å².